The minimum absolute atomic E-state index is 0.0450. The number of methoxy groups -OCH3 is 2. The molecule has 1 aromatic carbocycles. The monoisotopic (exact) mass is 405 g/mol. The van der Waals surface area contributed by atoms with Crippen LogP contribution in [0.25, 0.3) is 0 Å². The van der Waals surface area contributed by atoms with Gasteiger partial charge in [-0.3, -0.25) is 0 Å². The Balaban J connectivity index is 1.45. The van der Waals surface area contributed by atoms with Crippen molar-refractivity contribution in [2.45, 2.75) is 25.5 Å². The third kappa shape index (κ3) is 5.19. The largest absolute Gasteiger partial charge is 0.493 e. The first-order valence-electron chi connectivity index (χ1n) is 9.11. The summed E-state index contributed by atoms with van der Waals surface area (Å²) in [5.74, 6) is 1.86. The van der Waals surface area contributed by atoms with Crippen molar-refractivity contribution in [3.05, 3.63) is 47.1 Å². The Labute approximate surface area is 169 Å². The second kappa shape index (κ2) is 9.50. The zero-order chi connectivity index (χ0) is 19.9. The van der Waals surface area contributed by atoms with E-state index in [9.17, 15) is 4.79 Å². The second-order valence-corrected chi connectivity index (χ2v) is 6.90. The molecule has 1 N–H and O–H groups in total. The van der Waals surface area contributed by atoms with Crippen molar-refractivity contribution in [1.82, 2.24) is 15.2 Å². The summed E-state index contributed by atoms with van der Waals surface area (Å²) in [7, 11) is 3.18. The molecule has 150 valence electrons. The summed E-state index contributed by atoms with van der Waals surface area (Å²) in [6.45, 7) is 1.69. The van der Waals surface area contributed by atoms with E-state index in [0.29, 0.717) is 42.0 Å². The number of halogens is 1. The molecule has 1 saturated heterocycles. The van der Waals surface area contributed by atoms with E-state index in [4.69, 9.17) is 25.8 Å². The summed E-state index contributed by atoms with van der Waals surface area (Å²) in [5.41, 5.74) is 0.943. The van der Waals surface area contributed by atoms with Crippen LogP contribution in [0.2, 0.25) is 5.02 Å². The fourth-order valence-electron chi connectivity index (χ4n) is 3.06. The average Bonchev–Trinajstić information content (AvgIpc) is 2.74. The van der Waals surface area contributed by atoms with Gasteiger partial charge >= 0.3 is 6.03 Å². The molecular formula is C20H24ClN3O4. The van der Waals surface area contributed by atoms with Gasteiger partial charge in [0.2, 0.25) is 5.88 Å². The molecule has 1 aliphatic heterocycles. The van der Waals surface area contributed by atoms with Gasteiger partial charge in [0.05, 0.1) is 19.2 Å². The predicted molar refractivity (Wildman–Crippen MR) is 106 cm³/mol. The highest BCUT2D eigenvalue weighted by Crippen LogP contribution is 2.27. The molecular weight excluding hydrogens is 382 g/mol. The molecule has 0 spiro atoms. The third-order valence-corrected chi connectivity index (χ3v) is 4.83. The lowest BCUT2D eigenvalue weighted by Gasteiger charge is -2.32. The number of carbonyl (C=O) groups excluding carboxylic acids is 1. The lowest BCUT2D eigenvalue weighted by Crippen LogP contribution is -2.46. The molecule has 2 aromatic rings. The number of rotatable bonds is 6. The van der Waals surface area contributed by atoms with Crippen molar-refractivity contribution < 1.29 is 19.0 Å². The summed E-state index contributed by atoms with van der Waals surface area (Å²) in [4.78, 5) is 18.4. The minimum Gasteiger partial charge on any atom is -0.493 e. The lowest BCUT2D eigenvalue weighted by molar-refractivity contribution is 0.107. The maximum absolute atomic E-state index is 12.4. The number of likely N-dealkylation sites (tertiary alicyclic amines) is 1. The van der Waals surface area contributed by atoms with Crippen molar-refractivity contribution in [3.8, 4) is 17.4 Å². The molecule has 2 amide bonds. The van der Waals surface area contributed by atoms with Gasteiger partial charge in [-0.25, -0.2) is 9.78 Å². The van der Waals surface area contributed by atoms with E-state index in [1.165, 1.54) is 0 Å². The van der Waals surface area contributed by atoms with E-state index < -0.39 is 0 Å². The Morgan fingerprint density at radius 3 is 2.57 bits per heavy atom. The Morgan fingerprint density at radius 1 is 1.18 bits per heavy atom. The van der Waals surface area contributed by atoms with E-state index in [-0.39, 0.29) is 12.1 Å². The number of benzene rings is 1. The Bertz CT molecular complexity index is 793. The fourth-order valence-corrected chi connectivity index (χ4v) is 3.17. The number of carbonyl (C=O) groups is 1. The maximum atomic E-state index is 12.4. The molecule has 0 atom stereocenters. The van der Waals surface area contributed by atoms with Gasteiger partial charge in [-0.1, -0.05) is 17.7 Å². The smallest absolute Gasteiger partial charge is 0.317 e. The Kier molecular flexibility index (Phi) is 6.81. The van der Waals surface area contributed by atoms with Crippen molar-refractivity contribution in [3.63, 3.8) is 0 Å². The van der Waals surface area contributed by atoms with Gasteiger partial charge < -0.3 is 24.4 Å². The van der Waals surface area contributed by atoms with Gasteiger partial charge in [-0.2, -0.15) is 0 Å². The quantitative estimate of drug-likeness (QED) is 0.796. The van der Waals surface area contributed by atoms with E-state index in [0.717, 1.165) is 18.4 Å². The van der Waals surface area contributed by atoms with Crippen LogP contribution in [0.15, 0.2) is 36.5 Å². The number of hydrogen-bond acceptors (Lipinski definition) is 5. The number of amides is 2. The van der Waals surface area contributed by atoms with Crippen LogP contribution in [-0.2, 0) is 6.54 Å². The van der Waals surface area contributed by atoms with Crippen LogP contribution >= 0.6 is 11.6 Å². The Hall–Kier alpha value is -2.67. The molecule has 0 saturated carbocycles. The number of piperidine rings is 1. The molecule has 1 aromatic heterocycles. The van der Waals surface area contributed by atoms with Crippen LogP contribution in [0.3, 0.4) is 0 Å². The zero-order valence-corrected chi connectivity index (χ0v) is 16.7. The summed E-state index contributed by atoms with van der Waals surface area (Å²) in [6.07, 6.45) is 3.12. The topological polar surface area (TPSA) is 72.9 Å². The molecule has 0 radical (unpaired) electrons. The summed E-state index contributed by atoms with van der Waals surface area (Å²) in [5, 5.41) is 3.53. The van der Waals surface area contributed by atoms with Crippen molar-refractivity contribution in [2.75, 3.05) is 27.3 Å². The highest BCUT2D eigenvalue weighted by molar-refractivity contribution is 6.30. The van der Waals surface area contributed by atoms with Crippen molar-refractivity contribution in [1.29, 1.82) is 0 Å². The number of nitrogens with one attached hydrogen (secondary N) is 1. The Morgan fingerprint density at radius 2 is 1.93 bits per heavy atom. The van der Waals surface area contributed by atoms with Gasteiger partial charge in [-0.05, 0) is 23.8 Å². The normalized spacial score (nSPS) is 14.5. The predicted octanol–water partition coefficient (Wildman–Crippen LogP) is 3.51. The molecule has 7 nitrogen and oxygen atoms in total. The number of hydrogen-bond donors (Lipinski definition) is 1. The molecule has 8 heteroatoms. The first-order chi connectivity index (χ1) is 13.6. The highest BCUT2D eigenvalue weighted by Gasteiger charge is 2.24. The zero-order valence-electron chi connectivity index (χ0n) is 16.0. The van der Waals surface area contributed by atoms with E-state index in [2.05, 4.69) is 10.3 Å². The second-order valence-electron chi connectivity index (χ2n) is 6.47. The molecule has 28 heavy (non-hydrogen) atoms. The van der Waals surface area contributed by atoms with Crippen LogP contribution in [0.1, 0.15) is 18.4 Å². The summed E-state index contributed by atoms with van der Waals surface area (Å²) < 4.78 is 16.4. The molecule has 1 aliphatic rings. The first-order valence-corrected chi connectivity index (χ1v) is 9.48. The van der Waals surface area contributed by atoms with Crippen molar-refractivity contribution >= 4 is 17.6 Å². The average molecular weight is 406 g/mol. The number of aromatic nitrogens is 1. The van der Waals surface area contributed by atoms with E-state index in [1.807, 2.05) is 18.2 Å². The molecule has 1 fully saturated rings. The van der Waals surface area contributed by atoms with E-state index >= 15 is 0 Å². The van der Waals surface area contributed by atoms with Gasteiger partial charge in [0.1, 0.15) is 6.10 Å². The van der Waals surface area contributed by atoms with E-state index in [1.54, 1.807) is 37.4 Å². The third-order valence-electron chi connectivity index (χ3n) is 4.61. The highest BCUT2D eigenvalue weighted by atomic mass is 35.5. The molecule has 0 bridgehead atoms. The molecule has 2 heterocycles. The van der Waals surface area contributed by atoms with Gasteiger partial charge in [0, 0.05) is 44.7 Å². The van der Waals surface area contributed by atoms with Crippen LogP contribution < -0.4 is 19.5 Å². The summed E-state index contributed by atoms with van der Waals surface area (Å²) >= 11 is 5.83. The van der Waals surface area contributed by atoms with Crippen LogP contribution in [0, 0.1) is 0 Å². The number of pyridine rings is 1. The first kappa shape index (κ1) is 20.1. The van der Waals surface area contributed by atoms with Gasteiger partial charge in [0.25, 0.3) is 0 Å². The summed E-state index contributed by atoms with van der Waals surface area (Å²) in [6, 6.07) is 9.01. The number of urea groups is 1. The maximum Gasteiger partial charge on any atom is 0.317 e. The minimum atomic E-state index is -0.0853. The number of nitrogens with zero attached hydrogens (tertiary/aromatic N) is 2. The van der Waals surface area contributed by atoms with Crippen LogP contribution in [-0.4, -0.2) is 49.3 Å². The standard InChI is InChI=1S/C20H24ClN3O4/c1-26-17-5-3-14(11-18(17)27-2)12-23-20(25)24-9-7-16(8-10-24)28-19-6-4-15(21)13-22-19/h3-6,11,13,16H,7-10,12H2,1-2H3,(H,23,25). The molecule has 0 aliphatic carbocycles. The van der Waals surface area contributed by atoms with Crippen LogP contribution in [0.5, 0.6) is 17.4 Å². The van der Waals surface area contributed by atoms with Gasteiger partial charge in [0.15, 0.2) is 11.5 Å². The number of ether oxygens (including phenoxy) is 3. The van der Waals surface area contributed by atoms with Gasteiger partial charge in [-0.15, -0.1) is 0 Å². The molecule has 0 unspecified atom stereocenters. The fraction of sp³-hybridized carbons (Fsp3) is 0.400. The van der Waals surface area contributed by atoms with Crippen molar-refractivity contribution in [2.24, 2.45) is 0 Å². The SMILES string of the molecule is COc1ccc(CNC(=O)N2CCC(Oc3ccc(Cl)cn3)CC2)cc1OC. The lowest BCUT2D eigenvalue weighted by atomic mass is 10.1. The molecule has 3 rings (SSSR count). The van der Waals surface area contributed by atoms with Crippen LogP contribution in [0.4, 0.5) is 4.79 Å².